The fraction of sp³-hybridized carbons (Fsp3) is 0.250. The highest BCUT2D eigenvalue weighted by atomic mass is 32.2. The first-order valence-corrected chi connectivity index (χ1v) is 8.77. The number of hydrogen-bond acceptors (Lipinski definition) is 4. The zero-order valence-electron chi connectivity index (χ0n) is 12.4. The summed E-state index contributed by atoms with van der Waals surface area (Å²) in [5.74, 6) is 0.165. The molecule has 0 atom stereocenters. The summed E-state index contributed by atoms with van der Waals surface area (Å²) in [7, 11) is -3.68. The molecule has 122 valence electrons. The maximum atomic E-state index is 13.1. The van der Waals surface area contributed by atoms with Crippen LogP contribution in [0.3, 0.4) is 0 Å². The Morgan fingerprint density at radius 1 is 1.22 bits per heavy atom. The van der Waals surface area contributed by atoms with Crippen LogP contribution in [0.15, 0.2) is 47.4 Å². The maximum absolute atomic E-state index is 13.1. The molecule has 0 saturated heterocycles. The van der Waals surface area contributed by atoms with Gasteiger partial charge < -0.3 is 9.64 Å². The molecule has 3 rings (SSSR count). The highest BCUT2D eigenvalue weighted by Crippen LogP contribution is 2.29. The number of nitrogens with two attached hydrogens (primary N) is 1. The summed E-state index contributed by atoms with van der Waals surface area (Å²) in [5.41, 5.74) is 1.95. The lowest BCUT2D eigenvalue weighted by Gasteiger charge is -2.19. The smallest absolute Gasteiger partial charge is 0.238 e. The predicted molar refractivity (Wildman–Crippen MR) is 85.6 cm³/mol. The molecule has 23 heavy (non-hydrogen) atoms. The van der Waals surface area contributed by atoms with Crippen molar-refractivity contribution >= 4 is 15.7 Å². The molecule has 1 heterocycles. The van der Waals surface area contributed by atoms with Gasteiger partial charge in [-0.25, -0.2) is 17.9 Å². The van der Waals surface area contributed by atoms with Crippen molar-refractivity contribution in [3.63, 3.8) is 0 Å². The van der Waals surface area contributed by atoms with Gasteiger partial charge in [-0.1, -0.05) is 6.07 Å². The predicted octanol–water partition coefficient (Wildman–Crippen LogP) is 1.91. The van der Waals surface area contributed by atoms with E-state index in [1.807, 2.05) is 0 Å². The summed E-state index contributed by atoms with van der Waals surface area (Å²) in [6.45, 7) is 1.84. The highest BCUT2D eigenvalue weighted by molar-refractivity contribution is 7.89. The van der Waals surface area contributed by atoms with Crippen molar-refractivity contribution in [2.75, 3.05) is 24.6 Å². The summed E-state index contributed by atoms with van der Waals surface area (Å²) in [6.07, 6.45) is 0.763. The number of sulfonamides is 1. The van der Waals surface area contributed by atoms with Crippen LogP contribution in [0.25, 0.3) is 0 Å². The Balaban J connectivity index is 1.64. The average molecular weight is 336 g/mol. The van der Waals surface area contributed by atoms with Gasteiger partial charge in [0.05, 0.1) is 11.4 Å². The van der Waals surface area contributed by atoms with Gasteiger partial charge in [-0.05, 0) is 42.3 Å². The summed E-state index contributed by atoms with van der Waals surface area (Å²) >= 11 is 0. The van der Waals surface area contributed by atoms with Crippen molar-refractivity contribution in [2.45, 2.75) is 11.3 Å². The quantitative estimate of drug-likeness (QED) is 0.905. The van der Waals surface area contributed by atoms with Crippen molar-refractivity contribution in [2.24, 2.45) is 5.14 Å². The van der Waals surface area contributed by atoms with Gasteiger partial charge in [0.1, 0.15) is 18.2 Å². The van der Waals surface area contributed by atoms with Crippen molar-refractivity contribution < 1.29 is 17.5 Å². The fourth-order valence-electron chi connectivity index (χ4n) is 2.69. The van der Waals surface area contributed by atoms with Crippen molar-refractivity contribution in [3.8, 4) is 5.75 Å². The van der Waals surface area contributed by atoms with Crippen molar-refractivity contribution in [3.05, 3.63) is 53.8 Å². The third-order valence-corrected chi connectivity index (χ3v) is 4.71. The second kappa shape index (κ2) is 6.17. The van der Waals surface area contributed by atoms with Crippen LogP contribution >= 0.6 is 0 Å². The van der Waals surface area contributed by atoms with Gasteiger partial charge in [0.15, 0.2) is 0 Å². The number of halogens is 1. The first-order valence-electron chi connectivity index (χ1n) is 7.22. The van der Waals surface area contributed by atoms with Gasteiger partial charge in [0.2, 0.25) is 10.0 Å². The van der Waals surface area contributed by atoms with Gasteiger partial charge in [-0.3, -0.25) is 0 Å². The number of anilines is 1. The zero-order valence-corrected chi connectivity index (χ0v) is 13.2. The molecule has 0 aromatic heterocycles. The van der Waals surface area contributed by atoms with Crippen LogP contribution < -0.4 is 14.8 Å². The molecule has 2 aromatic rings. The van der Waals surface area contributed by atoms with E-state index in [4.69, 9.17) is 9.88 Å². The van der Waals surface area contributed by atoms with Crippen LogP contribution in [0, 0.1) is 5.82 Å². The monoisotopic (exact) mass is 336 g/mol. The highest BCUT2D eigenvalue weighted by Gasteiger charge is 2.21. The van der Waals surface area contributed by atoms with Crippen LogP contribution in [-0.4, -0.2) is 28.1 Å². The number of hydrogen-bond donors (Lipinski definition) is 1. The number of ether oxygens (including phenoxy) is 1. The molecule has 0 amide bonds. The van der Waals surface area contributed by atoms with E-state index in [9.17, 15) is 12.8 Å². The van der Waals surface area contributed by atoms with E-state index in [1.165, 1.54) is 18.2 Å². The summed E-state index contributed by atoms with van der Waals surface area (Å²) in [6, 6.07) is 10.9. The Hall–Kier alpha value is -2.12. The molecule has 2 N–H and O–H groups in total. The molecule has 5 nitrogen and oxygen atoms in total. The Labute approximate surface area is 134 Å². The molecular weight excluding hydrogens is 319 g/mol. The van der Waals surface area contributed by atoms with E-state index < -0.39 is 10.0 Å². The second-order valence-corrected chi connectivity index (χ2v) is 6.94. The van der Waals surface area contributed by atoms with E-state index in [0.717, 1.165) is 24.2 Å². The molecule has 0 bridgehead atoms. The summed E-state index contributed by atoms with van der Waals surface area (Å²) in [5, 5.41) is 5.15. The molecule has 1 aliphatic heterocycles. The van der Waals surface area contributed by atoms with E-state index in [2.05, 4.69) is 4.90 Å². The number of nitrogens with zero attached hydrogens (tertiary/aromatic N) is 1. The third kappa shape index (κ3) is 3.62. The molecule has 0 radical (unpaired) electrons. The van der Waals surface area contributed by atoms with Gasteiger partial charge in [-0.2, -0.15) is 0 Å². The lowest BCUT2D eigenvalue weighted by molar-refractivity contribution is 0.323. The summed E-state index contributed by atoms with van der Waals surface area (Å²) < 4.78 is 41.4. The van der Waals surface area contributed by atoms with Crippen LogP contribution in [-0.2, 0) is 16.4 Å². The number of primary sulfonamides is 1. The SMILES string of the molecule is NS(=O)(=O)c1ccc2c(c1)CCN2CCOc1cccc(F)c1. The third-order valence-electron chi connectivity index (χ3n) is 3.80. The summed E-state index contributed by atoms with van der Waals surface area (Å²) in [4.78, 5) is 2.25. The molecule has 0 spiro atoms. The molecule has 0 aliphatic carbocycles. The lowest BCUT2D eigenvalue weighted by Crippen LogP contribution is -2.26. The van der Waals surface area contributed by atoms with Crippen LogP contribution in [0.4, 0.5) is 10.1 Å². The fourth-order valence-corrected chi connectivity index (χ4v) is 3.25. The normalized spacial score (nSPS) is 13.9. The molecule has 0 unspecified atom stereocenters. The number of rotatable bonds is 5. The van der Waals surface area contributed by atoms with E-state index in [1.54, 1.807) is 24.3 Å². The van der Waals surface area contributed by atoms with Gasteiger partial charge in [0, 0.05) is 18.3 Å². The van der Waals surface area contributed by atoms with Crippen molar-refractivity contribution in [1.29, 1.82) is 0 Å². The second-order valence-electron chi connectivity index (χ2n) is 5.38. The number of benzene rings is 2. The average Bonchev–Trinajstić information content (AvgIpc) is 2.89. The topological polar surface area (TPSA) is 72.6 Å². The molecule has 0 saturated carbocycles. The van der Waals surface area contributed by atoms with E-state index >= 15 is 0 Å². The Bertz CT molecular complexity index is 824. The standard InChI is InChI=1S/C16H17FN2O3S/c17-13-2-1-3-14(11-13)22-9-8-19-7-6-12-10-15(23(18,20)21)4-5-16(12)19/h1-5,10-11H,6-9H2,(H2,18,20,21). The van der Waals surface area contributed by atoms with E-state index in [-0.39, 0.29) is 10.7 Å². The molecular formula is C16H17FN2O3S. The minimum absolute atomic E-state index is 0.133. The molecule has 1 aliphatic rings. The first-order chi connectivity index (χ1) is 10.9. The zero-order chi connectivity index (χ0) is 16.4. The minimum Gasteiger partial charge on any atom is -0.492 e. The van der Waals surface area contributed by atoms with Gasteiger partial charge in [0.25, 0.3) is 0 Å². The van der Waals surface area contributed by atoms with Gasteiger partial charge in [-0.15, -0.1) is 0 Å². The molecule has 7 heteroatoms. The van der Waals surface area contributed by atoms with Crippen LogP contribution in [0.1, 0.15) is 5.56 Å². The van der Waals surface area contributed by atoms with E-state index in [0.29, 0.717) is 18.9 Å². The van der Waals surface area contributed by atoms with Gasteiger partial charge >= 0.3 is 0 Å². The van der Waals surface area contributed by atoms with Crippen molar-refractivity contribution in [1.82, 2.24) is 0 Å². The Morgan fingerprint density at radius 3 is 2.78 bits per heavy atom. The lowest BCUT2D eigenvalue weighted by atomic mass is 10.2. The largest absolute Gasteiger partial charge is 0.492 e. The minimum atomic E-state index is -3.68. The van der Waals surface area contributed by atoms with Crippen LogP contribution in [0.2, 0.25) is 0 Å². The van der Waals surface area contributed by atoms with Crippen LogP contribution in [0.5, 0.6) is 5.75 Å². The maximum Gasteiger partial charge on any atom is 0.238 e. The first kappa shape index (κ1) is 15.8. The molecule has 2 aromatic carbocycles. The Morgan fingerprint density at radius 2 is 2.04 bits per heavy atom. The Kier molecular flexibility index (Phi) is 4.23. The molecule has 0 fully saturated rings. The number of fused-ring (bicyclic) bond motifs is 1.